The number of nitrogen functional groups attached to an aromatic ring is 1. The summed E-state index contributed by atoms with van der Waals surface area (Å²) >= 11 is 6.18. The minimum Gasteiger partial charge on any atom is -0.398 e. The van der Waals surface area contributed by atoms with Crippen LogP contribution in [0.25, 0.3) is 0 Å². The van der Waals surface area contributed by atoms with Crippen molar-refractivity contribution in [3.63, 3.8) is 0 Å². The third-order valence-electron chi connectivity index (χ3n) is 3.41. The summed E-state index contributed by atoms with van der Waals surface area (Å²) < 4.78 is 5.50. The van der Waals surface area contributed by atoms with Crippen molar-refractivity contribution < 1.29 is 4.74 Å². The van der Waals surface area contributed by atoms with Gasteiger partial charge in [-0.2, -0.15) is 0 Å². The van der Waals surface area contributed by atoms with Crippen LogP contribution in [0, 0.1) is 5.92 Å². The van der Waals surface area contributed by atoms with Crippen LogP contribution in [0.1, 0.15) is 18.4 Å². The molecule has 1 aliphatic heterocycles. The first-order valence-corrected chi connectivity index (χ1v) is 6.83. The number of rotatable bonds is 4. The van der Waals surface area contributed by atoms with E-state index in [-0.39, 0.29) is 0 Å². The van der Waals surface area contributed by atoms with Crippen LogP contribution in [0.3, 0.4) is 0 Å². The maximum Gasteiger partial charge on any atom is 0.0506 e. The fourth-order valence-corrected chi connectivity index (χ4v) is 2.71. The Morgan fingerprint density at radius 1 is 1.50 bits per heavy atom. The zero-order chi connectivity index (χ0) is 13.0. The van der Waals surface area contributed by atoms with Crippen molar-refractivity contribution in [2.45, 2.75) is 19.4 Å². The van der Waals surface area contributed by atoms with Gasteiger partial charge >= 0.3 is 0 Å². The Hall–Kier alpha value is -0.770. The van der Waals surface area contributed by atoms with E-state index in [0.29, 0.717) is 5.92 Å². The molecule has 1 atom stereocenters. The standard InChI is InChI=1S/C14H21ClN2O/c1-17(8-11-4-3-7-18-10-11)9-12-13(15)5-2-6-14(12)16/h2,5-6,11H,3-4,7-10,16H2,1H3. The molecule has 0 aliphatic carbocycles. The van der Waals surface area contributed by atoms with Crippen molar-refractivity contribution in [3.05, 3.63) is 28.8 Å². The molecule has 4 heteroatoms. The van der Waals surface area contributed by atoms with E-state index in [1.807, 2.05) is 18.2 Å². The monoisotopic (exact) mass is 268 g/mol. The molecule has 0 aromatic heterocycles. The second kappa shape index (κ2) is 6.41. The van der Waals surface area contributed by atoms with Crippen molar-refractivity contribution in [2.24, 2.45) is 5.92 Å². The highest BCUT2D eigenvalue weighted by molar-refractivity contribution is 6.31. The van der Waals surface area contributed by atoms with Crippen molar-refractivity contribution in [1.82, 2.24) is 4.90 Å². The summed E-state index contributed by atoms with van der Waals surface area (Å²) in [5, 5.41) is 0.752. The normalized spacial score (nSPS) is 20.3. The zero-order valence-corrected chi connectivity index (χ0v) is 11.6. The summed E-state index contributed by atoms with van der Waals surface area (Å²) in [4.78, 5) is 2.27. The van der Waals surface area contributed by atoms with Gasteiger partial charge in [-0.05, 0) is 37.9 Å². The minimum absolute atomic E-state index is 0.632. The molecule has 1 fully saturated rings. The van der Waals surface area contributed by atoms with Gasteiger partial charge in [0.25, 0.3) is 0 Å². The van der Waals surface area contributed by atoms with E-state index >= 15 is 0 Å². The predicted octanol–water partition coefficient (Wildman–Crippen LogP) is 2.78. The summed E-state index contributed by atoms with van der Waals surface area (Å²) in [7, 11) is 2.11. The summed E-state index contributed by atoms with van der Waals surface area (Å²) in [5.74, 6) is 0.632. The van der Waals surface area contributed by atoms with Crippen LogP contribution in [0.15, 0.2) is 18.2 Å². The third kappa shape index (κ3) is 3.61. The van der Waals surface area contributed by atoms with Gasteiger partial charge < -0.3 is 15.4 Å². The molecule has 18 heavy (non-hydrogen) atoms. The average molecular weight is 269 g/mol. The molecule has 0 spiro atoms. The zero-order valence-electron chi connectivity index (χ0n) is 10.9. The number of anilines is 1. The molecule has 1 unspecified atom stereocenters. The quantitative estimate of drug-likeness (QED) is 0.854. The first-order chi connectivity index (χ1) is 8.66. The summed E-state index contributed by atoms with van der Waals surface area (Å²) in [6.45, 7) is 3.62. The summed E-state index contributed by atoms with van der Waals surface area (Å²) in [5.41, 5.74) is 7.77. The van der Waals surface area contributed by atoms with Gasteiger partial charge in [-0.3, -0.25) is 0 Å². The van der Waals surface area contributed by atoms with E-state index in [9.17, 15) is 0 Å². The molecular weight excluding hydrogens is 248 g/mol. The lowest BCUT2D eigenvalue weighted by Gasteiger charge is -2.27. The van der Waals surface area contributed by atoms with Gasteiger partial charge in [0, 0.05) is 36.0 Å². The molecular formula is C14H21ClN2O. The van der Waals surface area contributed by atoms with E-state index < -0.39 is 0 Å². The number of benzene rings is 1. The number of hydrogen-bond donors (Lipinski definition) is 1. The second-order valence-electron chi connectivity index (χ2n) is 5.09. The van der Waals surface area contributed by atoms with Crippen LogP contribution in [0.4, 0.5) is 5.69 Å². The van der Waals surface area contributed by atoms with E-state index in [1.165, 1.54) is 12.8 Å². The largest absolute Gasteiger partial charge is 0.398 e. The van der Waals surface area contributed by atoms with Crippen molar-refractivity contribution in [2.75, 3.05) is 32.5 Å². The lowest BCUT2D eigenvalue weighted by molar-refractivity contribution is 0.0412. The van der Waals surface area contributed by atoms with Gasteiger partial charge in [-0.15, -0.1) is 0 Å². The Morgan fingerprint density at radius 2 is 2.33 bits per heavy atom. The maximum absolute atomic E-state index is 6.18. The topological polar surface area (TPSA) is 38.5 Å². The van der Waals surface area contributed by atoms with Crippen LogP contribution in [-0.2, 0) is 11.3 Å². The van der Waals surface area contributed by atoms with Gasteiger partial charge in [0.15, 0.2) is 0 Å². The Balaban J connectivity index is 1.92. The SMILES string of the molecule is CN(Cc1c(N)cccc1Cl)CC1CCCOC1. The summed E-state index contributed by atoms with van der Waals surface area (Å²) in [6.07, 6.45) is 2.43. The first kappa shape index (κ1) is 13.7. The molecule has 100 valence electrons. The molecule has 1 aromatic rings. The fourth-order valence-electron chi connectivity index (χ4n) is 2.47. The highest BCUT2D eigenvalue weighted by atomic mass is 35.5. The number of ether oxygens (including phenoxy) is 1. The Kier molecular flexibility index (Phi) is 4.87. The molecule has 2 rings (SSSR count). The van der Waals surface area contributed by atoms with Crippen LogP contribution in [-0.4, -0.2) is 31.7 Å². The highest BCUT2D eigenvalue weighted by Gasteiger charge is 2.17. The molecule has 1 aromatic carbocycles. The number of halogens is 1. The molecule has 1 heterocycles. The van der Waals surface area contributed by atoms with Gasteiger partial charge in [-0.1, -0.05) is 17.7 Å². The van der Waals surface area contributed by atoms with Crippen molar-refractivity contribution in [3.8, 4) is 0 Å². The number of nitrogens with two attached hydrogens (primary N) is 1. The Morgan fingerprint density at radius 3 is 3.00 bits per heavy atom. The Bertz CT molecular complexity index is 371. The molecule has 0 amide bonds. The second-order valence-corrected chi connectivity index (χ2v) is 5.49. The first-order valence-electron chi connectivity index (χ1n) is 6.46. The van der Waals surface area contributed by atoms with Crippen LogP contribution in [0.2, 0.25) is 5.02 Å². The highest BCUT2D eigenvalue weighted by Crippen LogP contribution is 2.24. The van der Waals surface area contributed by atoms with Crippen LogP contribution in [0.5, 0.6) is 0 Å². The van der Waals surface area contributed by atoms with Crippen molar-refractivity contribution >= 4 is 17.3 Å². The predicted molar refractivity (Wildman–Crippen MR) is 75.7 cm³/mol. The lowest BCUT2D eigenvalue weighted by atomic mass is 10.0. The van der Waals surface area contributed by atoms with E-state index in [1.54, 1.807) is 0 Å². The third-order valence-corrected chi connectivity index (χ3v) is 3.76. The van der Waals surface area contributed by atoms with E-state index in [2.05, 4.69) is 11.9 Å². The molecule has 2 N–H and O–H groups in total. The van der Waals surface area contributed by atoms with E-state index in [0.717, 1.165) is 42.6 Å². The molecule has 3 nitrogen and oxygen atoms in total. The number of hydrogen-bond acceptors (Lipinski definition) is 3. The molecule has 1 saturated heterocycles. The van der Waals surface area contributed by atoms with Gasteiger partial charge in [0.05, 0.1) is 6.61 Å². The van der Waals surface area contributed by atoms with E-state index in [4.69, 9.17) is 22.1 Å². The Labute approximate surface area is 114 Å². The summed E-state index contributed by atoms with van der Waals surface area (Å²) in [6, 6.07) is 5.68. The minimum atomic E-state index is 0.632. The van der Waals surface area contributed by atoms with Crippen molar-refractivity contribution in [1.29, 1.82) is 0 Å². The maximum atomic E-state index is 6.18. The molecule has 0 radical (unpaired) electrons. The molecule has 0 saturated carbocycles. The van der Waals surface area contributed by atoms with Gasteiger partial charge in [-0.25, -0.2) is 0 Å². The number of nitrogens with zero attached hydrogens (tertiary/aromatic N) is 1. The fraction of sp³-hybridized carbons (Fsp3) is 0.571. The van der Waals surface area contributed by atoms with Crippen LogP contribution >= 0.6 is 11.6 Å². The lowest BCUT2D eigenvalue weighted by Crippen LogP contribution is -2.30. The smallest absolute Gasteiger partial charge is 0.0506 e. The van der Waals surface area contributed by atoms with Crippen LogP contribution < -0.4 is 5.73 Å². The van der Waals surface area contributed by atoms with Gasteiger partial charge in [0.1, 0.15) is 0 Å². The average Bonchev–Trinajstić information content (AvgIpc) is 2.35. The van der Waals surface area contributed by atoms with Gasteiger partial charge in [0.2, 0.25) is 0 Å². The molecule has 1 aliphatic rings. The molecule has 0 bridgehead atoms.